The van der Waals surface area contributed by atoms with Crippen molar-refractivity contribution in [1.82, 2.24) is 5.32 Å². The third-order valence-electron chi connectivity index (χ3n) is 6.70. The summed E-state index contributed by atoms with van der Waals surface area (Å²) < 4.78 is 0. The van der Waals surface area contributed by atoms with Gasteiger partial charge in [0.15, 0.2) is 40.2 Å². The molecule has 3 aromatic carbocycles. The van der Waals surface area contributed by atoms with E-state index in [2.05, 4.69) is 0 Å². The Labute approximate surface area is 237 Å². The van der Waals surface area contributed by atoms with Gasteiger partial charge in [-0.3, -0.25) is 5.32 Å². The lowest BCUT2D eigenvalue weighted by Crippen LogP contribution is -2.83. The summed E-state index contributed by atoms with van der Waals surface area (Å²) >= 11 is 5.86. The lowest BCUT2D eigenvalue weighted by molar-refractivity contribution is -0.360. The number of phenols is 8. The Bertz CT molecular complexity index is 1620. The van der Waals surface area contributed by atoms with Crippen molar-refractivity contribution in [2.24, 2.45) is 0 Å². The van der Waals surface area contributed by atoms with Crippen LogP contribution in [0.2, 0.25) is 5.02 Å². The largest absolute Gasteiger partial charge is 0.506 e. The quantitative estimate of drug-likeness (QED) is 0.0905. The number of carboxylic acid groups (broad SMARTS) is 1. The van der Waals surface area contributed by atoms with E-state index in [1.165, 1.54) is 24.3 Å². The Morgan fingerprint density at radius 1 is 0.857 bits per heavy atom. The highest BCUT2D eigenvalue weighted by molar-refractivity contribution is 6.30. The molecule has 18 heteroatoms. The van der Waals surface area contributed by atoms with Gasteiger partial charge in [-0.05, 0) is 17.7 Å². The number of carbonyl (C=O) groups is 1. The highest BCUT2D eigenvalue weighted by Crippen LogP contribution is 2.61. The summed E-state index contributed by atoms with van der Waals surface area (Å²) in [6.45, 7) is 0. The van der Waals surface area contributed by atoms with Gasteiger partial charge in [-0.1, -0.05) is 23.7 Å². The first kappa shape index (κ1) is 30.3. The molecule has 3 atom stereocenters. The zero-order chi connectivity index (χ0) is 31.7. The number of aromatic carboxylic acids is 1. The van der Waals surface area contributed by atoms with Crippen LogP contribution in [0, 0.1) is 0 Å². The van der Waals surface area contributed by atoms with E-state index >= 15 is 0 Å². The van der Waals surface area contributed by atoms with Gasteiger partial charge in [0, 0.05) is 11.4 Å². The average Bonchev–Trinajstić information content (AvgIpc) is 2.89. The molecule has 1 saturated heterocycles. The molecule has 42 heavy (non-hydrogen) atoms. The van der Waals surface area contributed by atoms with Crippen molar-refractivity contribution in [1.29, 1.82) is 0 Å². The highest BCUT2D eigenvalue weighted by atomic mass is 35.5. The Kier molecular flexibility index (Phi) is 7.04. The van der Waals surface area contributed by atoms with Crippen molar-refractivity contribution in [3.05, 3.63) is 40.4 Å². The fourth-order valence-electron chi connectivity index (χ4n) is 4.53. The van der Waals surface area contributed by atoms with E-state index in [9.17, 15) is 76.3 Å². The molecule has 1 aliphatic heterocycles. The second kappa shape index (κ2) is 9.74. The maximum absolute atomic E-state index is 11.5. The number of aromatic hydroxyl groups is 8. The topological polar surface area (TPSA) is 324 Å². The first-order valence-corrected chi connectivity index (χ1v) is 11.8. The number of phenolic OH excluding ortho intramolecular Hbond substituents is 6. The fraction of sp³-hybridized carbons (Fsp3) is 0.208. The van der Waals surface area contributed by atoms with Gasteiger partial charge in [-0.25, -0.2) is 4.79 Å². The number of carboxylic acids is 1. The van der Waals surface area contributed by atoms with Crippen LogP contribution in [0.25, 0.3) is 11.1 Å². The Balaban J connectivity index is 1.78. The van der Waals surface area contributed by atoms with Crippen molar-refractivity contribution in [3.8, 4) is 57.1 Å². The second-order valence-electron chi connectivity index (χ2n) is 9.44. The number of rotatable bonds is 7. The third kappa shape index (κ3) is 4.41. The zero-order valence-electron chi connectivity index (χ0n) is 20.6. The zero-order valence-corrected chi connectivity index (χ0v) is 21.4. The second-order valence-corrected chi connectivity index (χ2v) is 9.87. The van der Waals surface area contributed by atoms with E-state index in [1.807, 2.05) is 5.32 Å². The Morgan fingerprint density at radius 3 is 1.90 bits per heavy atom. The van der Waals surface area contributed by atoms with Crippen LogP contribution >= 0.6 is 11.6 Å². The molecule has 0 radical (unpaired) electrons. The number of aliphatic hydroxyl groups is 5. The maximum Gasteiger partial charge on any atom is 0.343 e. The van der Waals surface area contributed by atoms with E-state index < -0.39 is 104 Å². The van der Waals surface area contributed by atoms with Crippen molar-refractivity contribution in [3.63, 3.8) is 0 Å². The molecule has 1 fully saturated rings. The minimum Gasteiger partial charge on any atom is -0.506 e. The first-order valence-electron chi connectivity index (χ1n) is 11.4. The first-order chi connectivity index (χ1) is 19.3. The number of nitrogens with one attached hydrogen (secondary N) is 2. The van der Waals surface area contributed by atoms with Crippen LogP contribution in [-0.2, 0) is 0 Å². The lowest BCUT2D eigenvalue weighted by Gasteiger charge is -2.57. The molecule has 3 aromatic rings. The van der Waals surface area contributed by atoms with Crippen LogP contribution < -0.4 is 10.6 Å². The number of anilines is 1. The Morgan fingerprint density at radius 2 is 1.38 bits per heavy atom. The molecule has 0 bridgehead atoms. The van der Waals surface area contributed by atoms with Gasteiger partial charge in [-0.2, -0.15) is 0 Å². The van der Waals surface area contributed by atoms with Crippen LogP contribution in [-0.4, -0.2) is 94.8 Å². The molecule has 0 saturated carbocycles. The third-order valence-corrected chi connectivity index (χ3v) is 6.93. The number of aliphatic hydroxyl groups excluding tert-OH is 1. The van der Waals surface area contributed by atoms with E-state index in [1.54, 1.807) is 5.32 Å². The Hall–Kier alpha value is -4.62. The van der Waals surface area contributed by atoms with Crippen molar-refractivity contribution >= 4 is 23.3 Å². The van der Waals surface area contributed by atoms with Gasteiger partial charge < -0.3 is 76.8 Å². The molecule has 1 heterocycles. The lowest BCUT2D eigenvalue weighted by atomic mass is 9.80. The molecule has 3 unspecified atom stereocenters. The summed E-state index contributed by atoms with van der Waals surface area (Å²) in [6, 6.07) is 5.52. The smallest absolute Gasteiger partial charge is 0.343 e. The predicted octanol–water partition coefficient (Wildman–Crippen LogP) is -0.496. The van der Waals surface area contributed by atoms with Gasteiger partial charge in [0.05, 0.1) is 11.1 Å². The molecule has 1 aliphatic rings. The normalized spacial score (nSPS) is 21.0. The predicted molar refractivity (Wildman–Crippen MR) is 137 cm³/mol. The monoisotopic (exact) mass is 614 g/mol. The van der Waals surface area contributed by atoms with Crippen LogP contribution in [0.1, 0.15) is 28.4 Å². The molecule has 17 nitrogen and oxygen atoms in total. The molecule has 226 valence electrons. The molecule has 0 aromatic heterocycles. The van der Waals surface area contributed by atoms with Gasteiger partial charge in [-0.15, -0.1) is 0 Å². The van der Waals surface area contributed by atoms with Gasteiger partial charge in [0.1, 0.15) is 23.1 Å². The van der Waals surface area contributed by atoms with Crippen LogP contribution in [0.5, 0.6) is 46.0 Å². The molecular formula is C24H23ClN2O15. The molecule has 0 spiro atoms. The van der Waals surface area contributed by atoms with Crippen molar-refractivity contribution < 1.29 is 76.3 Å². The standard InChI is InChI=1S/C24H23ClN2O15/c25-7-3-1-2-6(4-7)20(36)22(39)5-23(40,27-22)24(41,42)26-11-13(29)9(15(31)19(35)17(11)33)8-12(28)10(21(37)38)16(32)18(34)14(8)30/h1-4,20,26-36,39-42H,5H2,(H,37,38). The highest BCUT2D eigenvalue weighted by Gasteiger charge is 2.66. The van der Waals surface area contributed by atoms with E-state index in [4.69, 9.17) is 11.6 Å². The number of halogens is 1. The van der Waals surface area contributed by atoms with Gasteiger partial charge in [0.25, 0.3) is 5.91 Å². The summed E-state index contributed by atoms with van der Waals surface area (Å²) in [5, 5.41) is 149. The van der Waals surface area contributed by atoms with Gasteiger partial charge in [0.2, 0.25) is 11.5 Å². The SMILES string of the molecule is O=C(O)c1c(O)c(O)c(O)c(-c2c(O)c(O)c(O)c(NC(O)(O)C3(O)CC(O)(C(O)c4cccc(Cl)c4)N3)c2O)c1O. The minimum absolute atomic E-state index is 0.0508. The molecular weight excluding hydrogens is 592 g/mol. The number of hydrogen-bond donors (Lipinski definition) is 16. The van der Waals surface area contributed by atoms with Crippen LogP contribution in [0.4, 0.5) is 5.69 Å². The van der Waals surface area contributed by atoms with E-state index in [0.29, 0.717) is 0 Å². The van der Waals surface area contributed by atoms with Crippen molar-refractivity contribution in [2.45, 2.75) is 29.9 Å². The summed E-state index contributed by atoms with van der Waals surface area (Å²) in [5.74, 6) is -18.2. The van der Waals surface area contributed by atoms with Gasteiger partial charge >= 0.3 is 5.97 Å². The fourth-order valence-corrected chi connectivity index (χ4v) is 4.73. The summed E-state index contributed by atoms with van der Waals surface area (Å²) in [5.41, 5.74) is -10.8. The van der Waals surface area contributed by atoms with Crippen molar-refractivity contribution in [2.75, 3.05) is 5.32 Å². The number of hydrogen-bond acceptors (Lipinski definition) is 16. The van der Waals surface area contributed by atoms with Crippen LogP contribution in [0.15, 0.2) is 24.3 Å². The molecule has 0 aliphatic carbocycles. The molecule has 0 amide bonds. The van der Waals surface area contributed by atoms with E-state index in [0.717, 1.165) is 0 Å². The number of benzene rings is 3. The average molecular weight is 615 g/mol. The molecule has 4 rings (SSSR count). The van der Waals surface area contributed by atoms with Crippen LogP contribution in [0.3, 0.4) is 0 Å². The summed E-state index contributed by atoms with van der Waals surface area (Å²) in [4.78, 5) is 11.5. The minimum atomic E-state index is -3.73. The summed E-state index contributed by atoms with van der Waals surface area (Å²) in [7, 11) is 0. The molecule has 16 N–H and O–H groups in total. The summed E-state index contributed by atoms with van der Waals surface area (Å²) in [6.07, 6.45) is -2.85. The van der Waals surface area contributed by atoms with E-state index in [-0.39, 0.29) is 10.6 Å². The maximum atomic E-state index is 11.5.